The molecule has 0 aromatic heterocycles. The number of rotatable bonds is 3. The van der Waals surface area contributed by atoms with E-state index in [-0.39, 0.29) is 29.8 Å². The third-order valence-electron chi connectivity index (χ3n) is 7.90. The lowest BCUT2D eigenvalue weighted by Crippen LogP contribution is -2.56. The Hall–Kier alpha value is -2.58. The number of nitrogens with zero attached hydrogens (tertiary/aromatic N) is 1. The maximum atomic E-state index is 13.7. The lowest BCUT2D eigenvalue weighted by atomic mass is 10.0. The Balaban J connectivity index is 1.52. The van der Waals surface area contributed by atoms with E-state index in [1.54, 1.807) is 4.90 Å². The third kappa shape index (κ3) is 5.81. The van der Waals surface area contributed by atoms with Gasteiger partial charge in [-0.05, 0) is 63.7 Å². The Morgan fingerprint density at radius 3 is 2.60 bits per heavy atom. The van der Waals surface area contributed by atoms with Gasteiger partial charge in [0.25, 0.3) is 0 Å². The van der Waals surface area contributed by atoms with E-state index in [1.807, 2.05) is 13.0 Å². The minimum absolute atomic E-state index is 0.0921. The first-order valence-corrected chi connectivity index (χ1v) is 13.2. The van der Waals surface area contributed by atoms with E-state index in [2.05, 4.69) is 16.7 Å². The fraction of sp³-hybridized carbons (Fsp3) is 0.769. The van der Waals surface area contributed by atoms with Crippen LogP contribution in [0.5, 0.6) is 0 Å². The SMILES string of the molecule is COC(=O)[C@@]12C[C@@H]1/C=C\CCCCC[C@H](NC(=O)OC1CCCC1)C(=O)N1C[C@H](C)C[C@H]1C(=O)N2. The van der Waals surface area contributed by atoms with Crippen molar-refractivity contribution in [3.05, 3.63) is 12.2 Å². The highest BCUT2D eigenvalue weighted by Gasteiger charge is 2.62. The van der Waals surface area contributed by atoms with E-state index >= 15 is 0 Å². The first-order chi connectivity index (χ1) is 16.8. The third-order valence-corrected chi connectivity index (χ3v) is 7.90. The molecule has 0 aromatic rings. The quantitative estimate of drug-likeness (QED) is 0.466. The minimum Gasteiger partial charge on any atom is -0.467 e. The second-order valence-electron chi connectivity index (χ2n) is 10.7. The van der Waals surface area contributed by atoms with Gasteiger partial charge in [-0.2, -0.15) is 0 Å². The Labute approximate surface area is 207 Å². The van der Waals surface area contributed by atoms with Gasteiger partial charge in [-0.1, -0.05) is 31.9 Å². The molecule has 194 valence electrons. The number of nitrogens with one attached hydrogen (secondary N) is 2. The van der Waals surface area contributed by atoms with E-state index in [9.17, 15) is 19.2 Å². The zero-order valence-corrected chi connectivity index (χ0v) is 20.9. The summed E-state index contributed by atoms with van der Waals surface area (Å²) < 4.78 is 10.6. The molecule has 2 aliphatic carbocycles. The van der Waals surface area contributed by atoms with E-state index < -0.39 is 29.7 Å². The number of carbonyl (C=O) groups is 4. The van der Waals surface area contributed by atoms with Crippen LogP contribution in [0, 0.1) is 11.8 Å². The van der Waals surface area contributed by atoms with Crippen molar-refractivity contribution in [1.82, 2.24) is 15.5 Å². The van der Waals surface area contributed by atoms with Crippen molar-refractivity contribution in [2.24, 2.45) is 11.8 Å². The summed E-state index contributed by atoms with van der Waals surface area (Å²) >= 11 is 0. The maximum Gasteiger partial charge on any atom is 0.408 e. The zero-order valence-electron chi connectivity index (χ0n) is 20.9. The van der Waals surface area contributed by atoms with E-state index in [4.69, 9.17) is 9.47 Å². The summed E-state index contributed by atoms with van der Waals surface area (Å²) in [6.45, 7) is 2.43. The van der Waals surface area contributed by atoms with Gasteiger partial charge in [0, 0.05) is 12.5 Å². The molecule has 2 N–H and O–H groups in total. The van der Waals surface area contributed by atoms with Gasteiger partial charge in [0.1, 0.15) is 23.7 Å². The number of methoxy groups -OCH3 is 1. The number of hydrogen-bond donors (Lipinski definition) is 2. The Bertz CT molecular complexity index is 854. The number of alkyl carbamates (subject to hydrolysis) is 1. The second kappa shape index (κ2) is 11.0. The van der Waals surface area contributed by atoms with E-state index in [1.165, 1.54) is 7.11 Å². The number of allylic oxidation sites excluding steroid dienone is 1. The van der Waals surface area contributed by atoms with Crippen LogP contribution in [0.25, 0.3) is 0 Å². The standard InChI is InChI=1S/C26H39N3O6/c1-17-14-21-22(30)28-26(24(32)34-2)15-18(26)10-6-4-3-5-7-13-20(23(31)29(21)16-17)27-25(33)35-19-11-8-9-12-19/h6,10,17-21H,3-5,7-9,11-16H2,1-2H3,(H,27,33)(H,28,30)/b10-6-/t17-,18+,20+,21+,26-/m1/s1. The van der Waals surface area contributed by atoms with Crippen LogP contribution in [-0.2, 0) is 23.9 Å². The topological polar surface area (TPSA) is 114 Å². The maximum absolute atomic E-state index is 13.7. The Morgan fingerprint density at radius 1 is 1.11 bits per heavy atom. The van der Waals surface area contributed by atoms with Gasteiger partial charge >= 0.3 is 12.1 Å². The summed E-state index contributed by atoms with van der Waals surface area (Å²) in [6.07, 6.45) is 12.2. The Morgan fingerprint density at radius 2 is 1.86 bits per heavy atom. The Kier molecular flexibility index (Phi) is 8.02. The van der Waals surface area contributed by atoms with Crippen LogP contribution in [0.15, 0.2) is 12.2 Å². The number of amides is 3. The predicted molar refractivity (Wildman–Crippen MR) is 128 cm³/mol. The average Bonchev–Trinajstić information content (AvgIpc) is 3.14. The van der Waals surface area contributed by atoms with Crippen LogP contribution in [0.3, 0.4) is 0 Å². The van der Waals surface area contributed by atoms with Gasteiger partial charge < -0.3 is 25.0 Å². The van der Waals surface area contributed by atoms with Crippen molar-refractivity contribution in [1.29, 1.82) is 0 Å². The van der Waals surface area contributed by atoms with Crippen LogP contribution in [0.4, 0.5) is 4.79 Å². The highest BCUT2D eigenvalue weighted by Crippen LogP contribution is 2.46. The number of ether oxygens (including phenoxy) is 2. The molecule has 35 heavy (non-hydrogen) atoms. The average molecular weight is 490 g/mol. The molecule has 3 amide bonds. The molecular weight excluding hydrogens is 450 g/mol. The number of hydrogen-bond acceptors (Lipinski definition) is 6. The van der Waals surface area contributed by atoms with Gasteiger partial charge in [-0.25, -0.2) is 9.59 Å². The predicted octanol–water partition coefficient (Wildman–Crippen LogP) is 2.83. The lowest BCUT2D eigenvalue weighted by Gasteiger charge is -2.30. The van der Waals surface area contributed by atoms with Crippen molar-refractivity contribution in [2.45, 2.75) is 101 Å². The van der Waals surface area contributed by atoms with Crippen molar-refractivity contribution >= 4 is 23.9 Å². The van der Waals surface area contributed by atoms with Crippen molar-refractivity contribution in [3.8, 4) is 0 Å². The molecule has 2 saturated carbocycles. The van der Waals surface area contributed by atoms with Crippen LogP contribution in [0.2, 0.25) is 0 Å². The number of esters is 1. The summed E-state index contributed by atoms with van der Waals surface area (Å²) in [5, 5.41) is 5.74. The van der Waals surface area contributed by atoms with Gasteiger partial charge in [0.15, 0.2) is 0 Å². The molecule has 4 aliphatic rings. The summed E-state index contributed by atoms with van der Waals surface area (Å²) in [4.78, 5) is 53.8. The largest absolute Gasteiger partial charge is 0.467 e. The summed E-state index contributed by atoms with van der Waals surface area (Å²) in [5.41, 5.74) is -1.06. The molecule has 2 aliphatic heterocycles. The first kappa shape index (κ1) is 25.5. The summed E-state index contributed by atoms with van der Waals surface area (Å²) in [6, 6.07) is -1.43. The van der Waals surface area contributed by atoms with Gasteiger partial charge in [-0.15, -0.1) is 0 Å². The van der Waals surface area contributed by atoms with Crippen LogP contribution in [0.1, 0.15) is 77.6 Å². The van der Waals surface area contributed by atoms with Crippen LogP contribution < -0.4 is 10.6 Å². The smallest absolute Gasteiger partial charge is 0.408 e. The van der Waals surface area contributed by atoms with Crippen molar-refractivity contribution in [2.75, 3.05) is 13.7 Å². The highest BCUT2D eigenvalue weighted by molar-refractivity contribution is 5.96. The van der Waals surface area contributed by atoms with Gasteiger partial charge in [-0.3, -0.25) is 9.59 Å². The minimum atomic E-state index is -1.06. The number of carbonyl (C=O) groups excluding carboxylic acids is 4. The van der Waals surface area contributed by atoms with E-state index in [0.717, 1.165) is 51.4 Å². The molecule has 0 bridgehead atoms. The summed E-state index contributed by atoms with van der Waals surface area (Å²) in [5.74, 6) is -1.03. The molecule has 5 atom stereocenters. The summed E-state index contributed by atoms with van der Waals surface area (Å²) in [7, 11) is 1.33. The van der Waals surface area contributed by atoms with E-state index in [0.29, 0.717) is 25.8 Å². The first-order valence-electron chi connectivity index (χ1n) is 13.2. The zero-order chi connectivity index (χ0) is 25.0. The van der Waals surface area contributed by atoms with Crippen molar-refractivity contribution in [3.63, 3.8) is 0 Å². The molecule has 0 spiro atoms. The number of fused-ring (bicyclic) bond motifs is 2. The molecule has 2 heterocycles. The molecule has 1 saturated heterocycles. The molecule has 9 heteroatoms. The second-order valence-corrected chi connectivity index (χ2v) is 10.7. The lowest BCUT2D eigenvalue weighted by molar-refractivity contribution is -0.148. The fourth-order valence-corrected chi connectivity index (χ4v) is 5.81. The van der Waals surface area contributed by atoms with Crippen molar-refractivity contribution < 1.29 is 28.7 Å². The molecule has 0 unspecified atom stereocenters. The molecule has 9 nitrogen and oxygen atoms in total. The molecule has 0 aromatic carbocycles. The molecule has 4 rings (SSSR count). The van der Waals surface area contributed by atoms with Gasteiger partial charge in [0.2, 0.25) is 11.8 Å². The molecular formula is C26H39N3O6. The fourth-order valence-electron chi connectivity index (χ4n) is 5.81. The molecule has 3 fully saturated rings. The monoisotopic (exact) mass is 489 g/mol. The normalized spacial score (nSPS) is 35.1. The molecule has 0 radical (unpaired) electrons. The van der Waals surface area contributed by atoms with Crippen LogP contribution in [-0.4, -0.2) is 66.2 Å². The van der Waals surface area contributed by atoms with Crippen LogP contribution >= 0.6 is 0 Å². The van der Waals surface area contributed by atoms with Gasteiger partial charge in [0.05, 0.1) is 7.11 Å². The highest BCUT2D eigenvalue weighted by atomic mass is 16.6.